The number of amides is 3. The predicted molar refractivity (Wildman–Crippen MR) is 98.6 cm³/mol. The number of hydrogen-bond donors (Lipinski definition) is 2. The quantitative estimate of drug-likeness (QED) is 0.511. The summed E-state index contributed by atoms with van der Waals surface area (Å²) in [6, 6.07) is 4.09. The molecule has 0 aliphatic carbocycles. The van der Waals surface area contributed by atoms with E-state index in [2.05, 4.69) is 10.6 Å². The van der Waals surface area contributed by atoms with Crippen LogP contribution >= 0.6 is 23.2 Å². The van der Waals surface area contributed by atoms with E-state index in [1.807, 2.05) is 0 Å². The number of carbonyl (C=O) groups is 3. The number of nitrogens with one attached hydrogen (secondary N) is 2. The molecule has 0 aromatic heterocycles. The van der Waals surface area contributed by atoms with Gasteiger partial charge in [0.1, 0.15) is 5.75 Å². The second kappa shape index (κ2) is 10.9. The van der Waals surface area contributed by atoms with Gasteiger partial charge in [-0.3, -0.25) is 14.9 Å². The minimum Gasteiger partial charge on any atom is -0.492 e. The van der Waals surface area contributed by atoms with Gasteiger partial charge in [-0.15, -0.1) is 0 Å². The summed E-state index contributed by atoms with van der Waals surface area (Å²) >= 11 is 11.8. The summed E-state index contributed by atoms with van der Waals surface area (Å²) in [6.45, 7) is 5.15. The first-order valence-electron chi connectivity index (χ1n) is 8.07. The van der Waals surface area contributed by atoms with Crippen LogP contribution in [0.1, 0.15) is 33.6 Å². The van der Waals surface area contributed by atoms with Gasteiger partial charge in [0, 0.05) is 17.5 Å². The van der Waals surface area contributed by atoms with Crippen molar-refractivity contribution in [3.63, 3.8) is 0 Å². The maximum atomic E-state index is 11.8. The molecule has 1 aromatic rings. The van der Waals surface area contributed by atoms with E-state index in [1.54, 1.807) is 32.0 Å². The molecule has 7 nitrogen and oxygen atoms in total. The van der Waals surface area contributed by atoms with Crippen LogP contribution < -0.4 is 15.4 Å². The highest BCUT2D eigenvalue weighted by Gasteiger charge is 2.20. The molecule has 0 saturated carbocycles. The van der Waals surface area contributed by atoms with E-state index in [9.17, 15) is 14.4 Å². The maximum Gasteiger partial charge on any atom is 0.321 e. The van der Waals surface area contributed by atoms with Gasteiger partial charge in [-0.25, -0.2) is 4.79 Å². The Labute approximate surface area is 162 Å². The van der Waals surface area contributed by atoms with Gasteiger partial charge >= 0.3 is 12.0 Å². The molecule has 1 rings (SSSR count). The van der Waals surface area contributed by atoms with Crippen molar-refractivity contribution in [3.8, 4) is 5.75 Å². The predicted octanol–water partition coefficient (Wildman–Crippen LogP) is 3.32. The number of imide groups is 1. The molecule has 0 bridgehead atoms. The summed E-state index contributed by atoms with van der Waals surface area (Å²) in [6.07, 6.45) is -0.645. The minimum absolute atomic E-state index is 0.0566. The molecular weight excluding hydrogens is 383 g/mol. The van der Waals surface area contributed by atoms with Crippen molar-refractivity contribution in [2.75, 3.05) is 6.61 Å². The summed E-state index contributed by atoms with van der Waals surface area (Å²) in [4.78, 5) is 34.9. The van der Waals surface area contributed by atoms with E-state index in [-0.39, 0.29) is 19.1 Å². The summed E-state index contributed by atoms with van der Waals surface area (Å²) < 4.78 is 10.4. The van der Waals surface area contributed by atoms with E-state index >= 15 is 0 Å². The van der Waals surface area contributed by atoms with E-state index in [0.717, 1.165) is 0 Å². The smallest absolute Gasteiger partial charge is 0.321 e. The molecule has 0 fully saturated rings. The highest BCUT2D eigenvalue weighted by molar-refractivity contribution is 6.35. The van der Waals surface area contributed by atoms with Crippen LogP contribution in [-0.2, 0) is 14.3 Å². The molecule has 0 heterocycles. The number of rotatable bonds is 8. The molecule has 0 aliphatic heterocycles. The second-order valence-electron chi connectivity index (χ2n) is 5.78. The van der Waals surface area contributed by atoms with E-state index in [4.69, 9.17) is 32.7 Å². The Morgan fingerprint density at radius 3 is 2.46 bits per heavy atom. The lowest BCUT2D eigenvalue weighted by Gasteiger charge is -2.14. The first-order chi connectivity index (χ1) is 12.2. The normalized spacial score (nSPS) is 11.6. The molecule has 26 heavy (non-hydrogen) atoms. The second-order valence-corrected chi connectivity index (χ2v) is 6.62. The monoisotopic (exact) mass is 404 g/mol. The molecule has 144 valence electrons. The van der Waals surface area contributed by atoms with Crippen molar-refractivity contribution < 1.29 is 23.9 Å². The number of urea groups is 1. The number of esters is 1. The Hall–Kier alpha value is -1.99. The molecular formula is C17H22Cl2N2O5. The molecule has 0 radical (unpaired) electrons. The standard InChI is InChI=1S/C17H22Cl2N2O5/c1-10(2)20-17(24)21-16(23)11(3)26-15(22)5-4-8-25-14-7-6-12(18)9-13(14)19/h6-7,9-11H,4-5,8H2,1-3H3,(H2,20,21,23,24)/t11-/m1/s1. The molecule has 0 saturated heterocycles. The van der Waals surface area contributed by atoms with Crippen LogP contribution in [-0.4, -0.2) is 36.7 Å². The molecule has 2 N–H and O–H groups in total. The third kappa shape index (κ3) is 8.40. The summed E-state index contributed by atoms with van der Waals surface area (Å²) in [5, 5.41) is 5.48. The zero-order chi connectivity index (χ0) is 19.7. The molecule has 9 heteroatoms. The van der Waals surface area contributed by atoms with Crippen molar-refractivity contribution in [1.29, 1.82) is 0 Å². The van der Waals surface area contributed by atoms with E-state index in [0.29, 0.717) is 22.2 Å². The fraction of sp³-hybridized carbons (Fsp3) is 0.471. The van der Waals surface area contributed by atoms with Crippen LogP contribution in [0.2, 0.25) is 10.0 Å². The highest BCUT2D eigenvalue weighted by Crippen LogP contribution is 2.27. The van der Waals surface area contributed by atoms with Crippen molar-refractivity contribution in [1.82, 2.24) is 10.6 Å². The lowest BCUT2D eigenvalue weighted by Crippen LogP contribution is -2.46. The Balaban J connectivity index is 2.28. The number of benzene rings is 1. The first kappa shape index (κ1) is 22.1. The summed E-state index contributed by atoms with van der Waals surface area (Å²) in [7, 11) is 0. The first-order valence-corrected chi connectivity index (χ1v) is 8.83. The van der Waals surface area contributed by atoms with Gasteiger partial charge in [0.15, 0.2) is 6.10 Å². The van der Waals surface area contributed by atoms with Gasteiger partial charge in [0.05, 0.1) is 11.6 Å². The Morgan fingerprint density at radius 2 is 1.85 bits per heavy atom. The van der Waals surface area contributed by atoms with Crippen LogP contribution in [0.4, 0.5) is 4.79 Å². The highest BCUT2D eigenvalue weighted by atomic mass is 35.5. The van der Waals surface area contributed by atoms with Gasteiger partial charge in [0.25, 0.3) is 5.91 Å². The Bertz CT molecular complexity index is 652. The fourth-order valence-electron chi connectivity index (χ4n) is 1.81. The summed E-state index contributed by atoms with van der Waals surface area (Å²) in [5.41, 5.74) is 0. The van der Waals surface area contributed by atoms with Crippen molar-refractivity contribution in [3.05, 3.63) is 28.2 Å². The Morgan fingerprint density at radius 1 is 1.15 bits per heavy atom. The van der Waals surface area contributed by atoms with Gasteiger partial charge in [-0.2, -0.15) is 0 Å². The molecule has 1 atom stereocenters. The average Bonchev–Trinajstić information content (AvgIpc) is 2.52. The largest absolute Gasteiger partial charge is 0.492 e. The summed E-state index contributed by atoms with van der Waals surface area (Å²) in [5.74, 6) is -0.795. The van der Waals surface area contributed by atoms with Gasteiger partial charge in [-0.1, -0.05) is 23.2 Å². The zero-order valence-corrected chi connectivity index (χ0v) is 16.3. The molecule has 3 amide bonds. The molecule has 0 spiro atoms. The van der Waals surface area contributed by atoms with Gasteiger partial charge in [-0.05, 0) is 45.4 Å². The number of ether oxygens (including phenoxy) is 2. The minimum atomic E-state index is -1.08. The van der Waals surface area contributed by atoms with Gasteiger partial charge < -0.3 is 14.8 Å². The van der Waals surface area contributed by atoms with E-state index < -0.39 is 24.0 Å². The SMILES string of the molecule is CC(C)NC(=O)NC(=O)[C@@H](C)OC(=O)CCCOc1ccc(Cl)cc1Cl. The van der Waals surface area contributed by atoms with Crippen molar-refractivity contribution in [2.24, 2.45) is 0 Å². The third-order valence-electron chi connectivity index (χ3n) is 3.01. The molecule has 0 aliphatic rings. The topological polar surface area (TPSA) is 93.7 Å². The lowest BCUT2D eigenvalue weighted by atomic mass is 10.3. The van der Waals surface area contributed by atoms with Crippen molar-refractivity contribution in [2.45, 2.75) is 45.8 Å². The third-order valence-corrected chi connectivity index (χ3v) is 3.54. The van der Waals surface area contributed by atoms with Crippen LogP contribution in [0.3, 0.4) is 0 Å². The fourth-order valence-corrected chi connectivity index (χ4v) is 2.28. The van der Waals surface area contributed by atoms with Crippen LogP contribution in [0, 0.1) is 0 Å². The Kier molecular flexibility index (Phi) is 9.23. The van der Waals surface area contributed by atoms with Crippen LogP contribution in [0.25, 0.3) is 0 Å². The molecule has 1 aromatic carbocycles. The van der Waals surface area contributed by atoms with Crippen molar-refractivity contribution >= 4 is 41.1 Å². The van der Waals surface area contributed by atoms with Gasteiger partial charge in [0.2, 0.25) is 0 Å². The molecule has 0 unspecified atom stereocenters. The number of hydrogen-bond acceptors (Lipinski definition) is 5. The number of carbonyl (C=O) groups excluding carboxylic acids is 3. The average molecular weight is 405 g/mol. The van der Waals surface area contributed by atoms with Crippen LogP contribution in [0.5, 0.6) is 5.75 Å². The zero-order valence-electron chi connectivity index (χ0n) is 14.8. The lowest BCUT2D eigenvalue weighted by molar-refractivity contribution is -0.154. The maximum absolute atomic E-state index is 11.8. The van der Waals surface area contributed by atoms with Crippen LogP contribution in [0.15, 0.2) is 18.2 Å². The van der Waals surface area contributed by atoms with E-state index in [1.165, 1.54) is 6.92 Å². The number of halogens is 2.